The lowest BCUT2D eigenvalue weighted by Crippen LogP contribution is -2.44. The molecule has 0 aromatic rings. The zero-order chi connectivity index (χ0) is 7.40. The number of likely N-dealkylation sites (tertiary alicyclic amines) is 1. The van der Waals surface area contributed by atoms with Crippen molar-refractivity contribution >= 4 is 0 Å². The van der Waals surface area contributed by atoms with Crippen molar-refractivity contribution in [3.05, 3.63) is 6.42 Å². The average Bonchev–Trinajstić information content (AvgIpc) is 1.79. The van der Waals surface area contributed by atoms with E-state index in [4.69, 9.17) is 0 Å². The second-order valence-corrected chi connectivity index (χ2v) is 3.23. The molecule has 1 atom stereocenters. The molecule has 10 heavy (non-hydrogen) atoms. The van der Waals surface area contributed by atoms with E-state index < -0.39 is 0 Å². The first-order valence-electron chi connectivity index (χ1n) is 4.40. The molecule has 0 aliphatic carbocycles. The van der Waals surface area contributed by atoms with Crippen molar-refractivity contribution in [2.24, 2.45) is 0 Å². The first-order valence-corrected chi connectivity index (χ1v) is 4.40. The molecule has 1 nitrogen and oxygen atoms in total. The van der Waals surface area contributed by atoms with Gasteiger partial charge in [-0.2, -0.15) is 0 Å². The molecule has 0 N–H and O–H groups in total. The van der Waals surface area contributed by atoms with Crippen LogP contribution in [-0.2, 0) is 0 Å². The number of hydrogen-bond acceptors (Lipinski definition) is 1. The Morgan fingerprint density at radius 2 is 2.20 bits per heavy atom. The van der Waals surface area contributed by atoms with Crippen LogP contribution in [0, 0.1) is 6.42 Å². The van der Waals surface area contributed by atoms with Gasteiger partial charge in [-0.3, -0.25) is 4.90 Å². The lowest BCUT2D eigenvalue weighted by atomic mass is 10.1. The summed E-state index contributed by atoms with van der Waals surface area (Å²) < 4.78 is 0. The van der Waals surface area contributed by atoms with Crippen LogP contribution in [0.3, 0.4) is 0 Å². The normalized spacial score (nSPS) is 22.2. The number of rotatable bonds is 4. The number of nitrogens with zero attached hydrogens (tertiary/aromatic N) is 1. The first-order chi connectivity index (χ1) is 4.84. The van der Waals surface area contributed by atoms with Crippen LogP contribution in [0.2, 0.25) is 0 Å². The quantitative estimate of drug-likeness (QED) is 0.578. The zero-order valence-electron chi connectivity index (χ0n) is 7.14. The van der Waals surface area contributed by atoms with E-state index in [2.05, 4.69) is 25.2 Å². The topological polar surface area (TPSA) is 3.24 Å². The van der Waals surface area contributed by atoms with Gasteiger partial charge >= 0.3 is 0 Å². The van der Waals surface area contributed by atoms with Crippen molar-refractivity contribution in [1.29, 1.82) is 0 Å². The summed E-state index contributed by atoms with van der Waals surface area (Å²) in [5, 5.41) is 0. The zero-order valence-corrected chi connectivity index (χ0v) is 7.14. The van der Waals surface area contributed by atoms with Crippen LogP contribution in [0.15, 0.2) is 0 Å². The van der Waals surface area contributed by atoms with Gasteiger partial charge in [0.2, 0.25) is 0 Å². The predicted octanol–water partition coefficient (Wildman–Crippen LogP) is 2.08. The van der Waals surface area contributed by atoms with E-state index >= 15 is 0 Å². The largest absolute Gasteiger partial charge is 0.300 e. The van der Waals surface area contributed by atoms with Gasteiger partial charge < -0.3 is 0 Å². The third-order valence-electron chi connectivity index (χ3n) is 2.33. The summed E-state index contributed by atoms with van der Waals surface area (Å²) in [7, 11) is 0. The monoisotopic (exact) mass is 140 g/mol. The molecule has 1 unspecified atom stereocenters. The van der Waals surface area contributed by atoms with Crippen molar-refractivity contribution < 1.29 is 0 Å². The molecule has 59 valence electrons. The van der Waals surface area contributed by atoms with Crippen LogP contribution >= 0.6 is 0 Å². The molecule has 0 amide bonds. The molecule has 1 radical (unpaired) electrons. The van der Waals surface area contributed by atoms with Crippen LogP contribution in [0.25, 0.3) is 0 Å². The molecule has 0 saturated carbocycles. The van der Waals surface area contributed by atoms with Gasteiger partial charge in [-0.25, -0.2) is 0 Å². The minimum absolute atomic E-state index is 0.824. The Labute approximate surface area is 64.4 Å². The maximum absolute atomic E-state index is 2.52. The van der Waals surface area contributed by atoms with Crippen LogP contribution in [-0.4, -0.2) is 24.0 Å². The van der Waals surface area contributed by atoms with Gasteiger partial charge in [-0.15, -0.1) is 0 Å². The average molecular weight is 140 g/mol. The Bertz CT molecular complexity index is 86.7. The lowest BCUT2D eigenvalue weighted by molar-refractivity contribution is 0.170. The predicted molar refractivity (Wildman–Crippen MR) is 44.9 cm³/mol. The van der Waals surface area contributed by atoms with Gasteiger partial charge in [0.05, 0.1) is 0 Å². The summed E-state index contributed by atoms with van der Waals surface area (Å²) >= 11 is 0. The summed E-state index contributed by atoms with van der Waals surface area (Å²) in [5.41, 5.74) is 0. The summed E-state index contributed by atoms with van der Waals surface area (Å²) in [6.45, 7) is 7.05. The fraction of sp³-hybridized carbons (Fsp3) is 0.889. The van der Waals surface area contributed by atoms with Crippen molar-refractivity contribution in [3.63, 3.8) is 0 Å². The van der Waals surface area contributed by atoms with E-state index in [9.17, 15) is 0 Å². The van der Waals surface area contributed by atoms with E-state index in [1.807, 2.05) is 0 Å². The summed E-state index contributed by atoms with van der Waals surface area (Å²) in [6, 6.07) is 0.824. The maximum atomic E-state index is 2.52. The van der Waals surface area contributed by atoms with Crippen LogP contribution in [0.5, 0.6) is 0 Å². The highest BCUT2D eigenvalue weighted by molar-refractivity contribution is 4.89. The van der Waals surface area contributed by atoms with Crippen molar-refractivity contribution in [2.45, 2.75) is 39.2 Å². The van der Waals surface area contributed by atoms with Crippen LogP contribution in [0.1, 0.15) is 33.1 Å². The SMILES string of the molecule is CCCCC(C)N1C[CH]C1. The molecule has 1 saturated heterocycles. The molecule has 0 aromatic heterocycles. The molecule has 1 aliphatic rings. The summed E-state index contributed by atoms with van der Waals surface area (Å²) in [6.07, 6.45) is 6.44. The second kappa shape index (κ2) is 3.97. The molecular formula is C9H18N. The van der Waals surface area contributed by atoms with Crippen LogP contribution in [0.4, 0.5) is 0 Å². The number of unbranched alkanes of at least 4 members (excludes halogenated alkanes) is 1. The summed E-state index contributed by atoms with van der Waals surface area (Å²) in [5.74, 6) is 0. The molecule has 0 aromatic carbocycles. The molecule has 0 bridgehead atoms. The third-order valence-corrected chi connectivity index (χ3v) is 2.33. The van der Waals surface area contributed by atoms with Gasteiger partial charge in [-0.05, 0) is 19.8 Å². The Morgan fingerprint density at radius 3 is 2.60 bits per heavy atom. The fourth-order valence-electron chi connectivity index (χ4n) is 1.32. The van der Waals surface area contributed by atoms with E-state index in [0.717, 1.165) is 6.04 Å². The van der Waals surface area contributed by atoms with E-state index in [-0.39, 0.29) is 0 Å². The van der Waals surface area contributed by atoms with Crippen LogP contribution < -0.4 is 0 Å². The molecule has 1 heteroatoms. The smallest absolute Gasteiger partial charge is 0.00671 e. The maximum Gasteiger partial charge on any atom is 0.00671 e. The van der Waals surface area contributed by atoms with Gasteiger partial charge in [0.15, 0.2) is 0 Å². The Kier molecular flexibility index (Phi) is 3.20. The van der Waals surface area contributed by atoms with Crippen molar-refractivity contribution in [1.82, 2.24) is 4.90 Å². The van der Waals surface area contributed by atoms with Gasteiger partial charge in [0.1, 0.15) is 0 Å². The van der Waals surface area contributed by atoms with E-state index in [0.29, 0.717) is 0 Å². The fourth-order valence-corrected chi connectivity index (χ4v) is 1.32. The minimum atomic E-state index is 0.824. The Hall–Kier alpha value is -0.0400. The minimum Gasteiger partial charge on any atom is -0.300 e. The van der Waals surface area contributed by atoms with Gasteiger partial charge in [0, 0.05) is 19.1 Å². The van der Waals surface area contributed by atoms with E-state index in [1.54, 1.807) is 0 Å². The standard InChI is InChI=1S/C9H18N/c1-3-4-6-9(2)10-7-5-8-10/h5,9H,3-4,6-8H2,1-2H3. The third kappa shape index (κ3) is 1.98. The molecular weight excluding hydrogens is 122 g/mol. The molecule has 1 heterocycles. The first kappa shape index (κ1) is 8.06. The Morgan fingerprint density at radius 1 is 1.50 bits per heavy atom. The molecule has 1 fully saturated rings. The van der Waals surface area contributed by atoms with Gasteiger partial charge in [0.25, 0.3) is 0 Å². The molecule has 1 rings (SSSR count). The van der Waals surface area contributed by atoms with E-state index in [1.165, 1.54) is 32.4 Å². The highest BCUT2D eigenvalue weighted by Gasteiger charge is 2.19. The highest BCUT2D eigenvalue weighted by Crippen LogP contribution is 2.14. The summed E-state index contributed by atoms with van der Waals surface area (Å²) in [4.78, 5) is 2.52. The Balaban J connectivity index is 2.02. The van der Waals surface area contributed by atoms with Gasteiger partial charge in [-0.1, -0.05) is 19.8 Å². The lowest BCUT2D eigenvalue weighted by Gasteiger charge is -2.36. The molecule has 0 spiro atoms. The molecule has 1 aliphatic heterocycles. The van der Waals surface area contributed by atoms with Crippen molar-refractivity contribution in [3.8, 4) is 0 Å². The number of hydrogen-bond donors (Lipinski definition) is 0. The second-order valence-electron chi connectivity index (χ2n) is 3.23. The van der Waals surface area contributed by atoms with Crippen molar-refractivity contribution in [2.75, 3.05) is 13.1 Å². The highest BCUT2D eigenvalue weighted by atomic mass is 15.2.